The molecule has 2 heterocycles. The van der Waals surface area contributed by atoms with Crippen molar-refractivity contribution >= 4 is 22.0 Å². The summed E-state index contributed by atoms with van der Waals surface area (Å²) in [6, 6.07) is 33.9. The van der Waals surface area contributed by atoms with E-state index >= 15 is 0 Å². The number of fused-ring (bicyclic) bond motifs is 2. The zero-order valence-corrected chi connectivity index (χ0v) is 18.5. The first-order chi connectivity index (χ1) is 16.3. The SMILES string of the molecule is CCCc1ccc2occ(-c3nc4ccccc4n3-c3ccc(-c4ccccc4)cc3)c2c1. The second-order valence-corrected chi connectivity index (χ2v) is 8.40. The minimum atomic E-state index is 0.892. The number of benzene rings is 4. The van der Waals surface area contributed by atoms with Gasteiger partial charge in [-0.05, 0) is 59.5 Å². The van der Waals surface area contributed by atoms with Crippen LogP contribution in [-0.2, 0) is 6.42 Å². The first kappa shape index (κ1) is 19.6. The molecule has 0 atom stereocenters. The van der Waals surface area contributed by atoms with Gasteiger partial charge >= 0.3 is 0 Å². The number of aromatic nitrogens is 2. The van der Waals surface area contributed by atoms with E-state index in [1.807, 2.05) is 18.4 Å². The number of aryl methyl sites for hydroxylation is 1. The summed E-state index contributed by atoms with van der Waals surface area (Å²) in [6.07, 6.45) is 4.01. The van der Waals surface area contributed by atoms with Crippen LogP contribution in [0, 0.1) is 0 Å². The fourth-order valence-electron chi connectivity index (χ4n) is 4.60. The Labute approximate surface area is 192 Å². The Morgan fingerprint density at radius 2 is 1.55 bits per heavy atom. The van der Waals surface area contributed by atoms with Crippen molar-refractivity contribution in [2.45, 2.75) is 19.8 Å². The lowest BCUT2D eigenvalue weighted by molar-refractivity contribution is 0.616. The molecule has 0 aliphatic heterocycles. The summed E-state index contributed by atoms with van der Waals surface area (Å²) >= 11 is 0. The first-order valence-electron chi connectivity index (χ1n) is 11.5. The minimum absolute atomic E-state index is 0.892. The number of nitrogens with zero attached hydrogens (tertiary/aromatic N) is 2. The maximum absolute atomic E-state index is 5.95. The topological polar surface area (TPSA) is 31.0 Å². The summed E-state index contributed by atoms with van der Waals surface area (Å²) in [5.41, 5.74) is 8.78. The number of hydrogen-bond acceptors (Lipinski definition) is 2. The van der Waals surface area contributed by atoms with E-state index in [0.29, 0.717) is 0 Å². The van der Waals surface area contributed by atoms with Gasteiger partial charge in [-0.3, -0.25) is 4.57 Å². The largest absolute Gasteiger partial charge is 0.464 e. The van der Waals surface area contributed by atoms with Gasteiger partial charge in [0.25, 0.3) is 0 Å². The molecule has 0 radical (unpaired) electrons. The highest BCUT2D eigenvalue weighted by Crippen LogP contribution is 2.35. The maximum atomic E-state index is 5.95. The summed E-state index contributed by atoms with van der Waals surface area (Å²) in [7, 11) is 0. The number of rotatable bonds is 5. The van der Waals surface area contributed by atoms with Gasteiger partial charge in [0.05, 0.1) is 16.6 Å². The van der Waals surface area contributed by atoms with Crippen molar-refractivity contribution < 1.29 is 4.42 Å². The van der Waals surface area contributed by atoms with Gasteiger partial charge in [-0.15, -0.1) is 0 Å². The van der Waals surface area contributed by atoms with Crippen LogP contribution in [0.5, 0.6) is 0 Å². The van der Waals surface area contributed by atoms with E-state index in [0.717, 1.165) is 51.9 Å². The van der Waals surface area contributed by atoms with Crippen LogP contribution < -0.4 is 0 Å². The summed E-state index contributed by atoms with van der Waals surface area (Å²) < 4.78 is 8.18. The van der Waals surface area contributed by atoms with Gasteiger partial charge in [-0.2, -0.15) is 0 Å². The smallest absolute Gasteiger partial charge is 0.149 e. The third-order valence-corrected chi connectivity index (χ3v) is 6.21. The molecule has 4 aromatic carbocycles. The van der Waals surface area contributed by atoms with Gasteiger partial charge in [0, 0.05) is 11.1 Å². The van der Waals surface area contributed by atoms with Crippen molar-refractivity contribution in [2.24, 2.45) is 0 Å². The highest BCUT2D eigenvalue weighted by molar-refractivity contribution is 5.95. The molecule has 6 rings (SSSR count). The molecule has 0 saturated carbocycles. The monoisotopic (exact) mass is 428 g/mol. The number of furan rings is 1. The van der Waals surface area contributed by atoms with Crippen molar-refractivity contribution in [1.29, 1.82) is 0 Å². The number of para-hydroxylation sites is 2. The van der Waals surface area contributed by atoms with Gasteiger partial charge in [0.15, 0.2) is 0 Å². The Morgan fingerprint density at radius 3 is 2.36 bits per heavy atom. The van der Waals surface area contributed by atoms with Crippen LogP contribution in [0.2, 0.25) is 0 Å². The molecule has 0 fully saturated rings. The molecule has 0 spiro atoms. The number of imidazole rings is 1. The third kappa shape index (κ3) is 3.42. The van der Waals surface area contributed by atoms with E-state index < -0.39 is 0 Å². The molecule has 0 saturated heterocycles. The van der Waals surface area contributed by atoms with E-state index in [1.54, 1.807) is 0 Å². The van der Waals surface area contributed by atoms with E-state index in [2.05, 4.69) is 96.4 Å². The van der Waals surface area contributed by atoms with E-state index in [-0.39, 0.29) is 0 Å². The lowest BCUT2D eigenvalue weighted by atomic mass is 10.0. The summed E-state index contributed by atoms with van der Waals surface area (Å²) in [4.78, 5) is 5.04. The van der Waals surface area contributed by atoms with Crippen molar-refractivity contribution in [1.82, 2.24) is 9.55 Å². The Bertz CT molecular complexity index is 1560. The lowest BCUT2D eigenvalue weighted by Gasteiger charge is -2.10. The predicted octanol–water partition coefficient (Wildman–Crippen LogP) is 8.06. The van der Waals surface area contributed by atoms with Crippen LogP contribution in [0.1, 0.15) is 18.9 Å². The Hall–Kier alpha value is -4.11. The van der Waals surface area contributed by atoms with Crippen LogP contribution in [0.15, 0.2) is 108 Å². The molecule has 0 amide bonds. The third-order valence-electron chi connectivity index (χ3n) is 6.21. The predicted molar refractivity (Wildman–Crippen MR) is 136 cm³/mol. The molecule has 0 aliphatic rings. The normalized spacial score (nSPS) is 11.4. The van der Waals surface area contributed by atoms with Gasteiger partial charge < -0.3 is 4.42 Å². The van der Waals surface area contributed by atoms with Gasteiger partial charge in [-0.1, -0.05) is 74.0 Å². The van der Waals surface area contributed by atoms with Crippen LogP contribution in [0.3, 0.4) is 0 Å². The standard InChI is InChI=1S/C30H24N2O/c1-2-8-21-13-18-29-25(19-21)26(20-33-29)30-31-27-11-6-7-12-28(27)32(30)24-16-14-23(15-17-24)22-9-4-3-5-10-22/h3-7,9-20H,2,8H2,1H3. The second-order valence-electron chi connectivity index (χ2n) is 8.40. The van der Waals surface area contributed by atoms with Gasteiger partial charge in [0.2, 0.25) is 0 Å². The maximum Gasteiger partial charge on any atom is 0.149 e. The molecular weight excluding hydrogens is 404 g/mol. The average molecular weight is 429 g/mol. The van der Waals surface area contributed by atoms with Crippen LogP contribution in [0.25, 0.3) is 50.2 Å². The van der Waals surface area contributed by atoms with Crippen molar-refractivity contribution in [3.05, 3.63) is 109 Å². The highest BCUT2D eigenvalue weighted by Gasteiger charge is 2.18. The summed E-state index contributed by atoms with van der Waals surface area (Å²) in [5, 5.41) is 1.11. The second kappa shape index (κ2) is 8.10. The molecule has 33 heavy (non-hydrogen) atoms. The first-order valence-corrected chi connectivity index (χ1v) is 11.5. The van der Waals surface area contributed by atoms with Crippen molar-refractivity contribution in [3.8, 4) is 28.2 Å². The Kier molecular flexibility index (Phi) is 4.80. The molecule has 0 N–H and O–H groups in total. The fraction of sp³-hybridized carbons (Fsp3) is 0.100. The van der Waals surface area contributed by atoms with E-state index in [9.17, 15) is 0 Å². The Morgan fingerprint density at radius 1 is 0.788 bits per heavy atom. The van der Waals surface area contributed by atoms with Crippen LogP contribution in [-0.4, -0.2) is 9.55 Å². The minimum Gasteiger partial charge on any atom is -0.464 e. The van der Waals surface area contributed by atoms with Crippen molar-refractivity contribution in [3.63, 3.8) is 0 Å². The van der Waals surface area contributed by atoms with Crippen molar-refractivity contribution in [2.75, 3.05) is 0 Å². The molecule has 3 nitrogen and oxygen atoms in total. The summed E-state index contributed by atoms with van der Waals surface area (Å²) in [6.45, 7) is 2.21. The lowest BCUT2D eigenvalue weighted by Crippen LogP contribution is -1.97. The zero-order chi connectivity index (χ0) is 22.2. The quantitative estimate of drug-likeness (QED) is 0.278. The van der Waals surface area contributed by atoms with E-state index in [4.69, 9.17) is 9.40 Å². The molecule has 0 bridgehead atoms. The molecule has 0 unspecified atom stereocenters. The highest BCUT2D eigenvalue weighted by atomic mass is 16.3. The average Bonchev–Trinajstić information content (AvgIpc) is 3.46. The molecule has 6 aromatic rings. The Balaban J connectivity index is 1.54. The molecular formula is C30H24N2O. The van der Waals surface area contributed by atoms with E-state index in [1.165, 1.54) is 16.7 Å². The molecule has 0 aliphatic carbocycles. The summed E-state index contributed by atoms with van der Waals surface area (Å²) in [5.74, 6) is 0.899. The molecule has 160 valence electrons. The van der Waals surface area contributed by atoms with Crippen LogP contribution in [0.4, 0.5) is 0 Å². The van der Waals surface area contributed by atoms with Gasteiger partial charge in [-0.25, -0.2) is 4.98 Å². The zero-order valence-electron chi connectivity index (χ0n) is 18.5. The molecule has 2 aromatic heterocycles. The molecule has 3 heteroatoms. The fourth-order valence-corrected chi connectivity index (χ4v) is 4.60. The van der Waals surface area contributed by atoms with Crippen LogP contribution >= 0.6 is 0 Å². The number of hydrogen-bond donors (Lipinski definition) is 0. The van der Waals surface area contributed by atoms with Gasteiger partial charge in [0.1, 0.15) is 17.7 Å².